The van der Waals surface area contributed by atoms with Crippen molar-refractivity contribution < 1.29 is 14.4 Å². The Hall–Kier alpha value is -2.38. The molecule has 1 fully saturated rings. The van der Waals surface area contributed by atoms with E-state index in [1.54, 1.807) is 24.1 Å². The number of piperidine rings is 1. The van der Waals surface area contributed by atoms with Gasteiger partial charge in [-0.2, -0.15) is 5.10 Å². The van der Waals surface area contributed by atoms with Gasteiger partial charge in [0.25, 0.3) is 5.91 Å². The number of carbonyl (C=O) groups is 3. The number of carbonyl (C=O) groups excluding carboxylic acids is 3. The minimum absolute atomic E-state index is 0.0741. The molecule has 0 aromatic carbocycles. The fourth-order valence-corrected chi connectivity index (χ4v) is 3.69. The molecule has 8 heteroatoms. The van der Waals surface area contributed by atoms with E-state index in [2.05, 4.69) is 24.3 Å². The summed E-state index contributed by atoms with van der Waals surface area (Å²) in [4.78, 5) is 40.7. The number of likely N-dealkylation sites (tertiary alicyclic amines) is 1. The van der Waals surface area contributed by atoms with E-state index in [0.29, 0.717) is 37.9 Å². The predicted octanol–water partition coefficient (Wildman–Crippen LogP) is 1.96. The molecule has 0 saturated carbocycles. The average Bonchev–Trinajstić information content (AvgIpc) is 3.14. The molecule has 0 aliphatic carbocycles. The molecule has 2 heterocycles. The lowest BCUT2D eigenvalue weighted by molar-refractivity contribution is -0.133. The first-order valence-electron chi connectivity index (χ1n) is 10.8. The van der Waals surface area contributed by atoms with Crippen molar-refractivity contribution in [2.75, 3.05) is 26.2 Å². The van der Waals surface area contributed by atoms with Crippen LogP contribution in [0.25, 0.3) is 0 Å². The van der Waals surface area contributed by atoms with Crippen LogP contribution in [0.4, 0.5) is 0 Å². The van der Waals surface area contributed by atoms with Crippen LogP contribution < -0.4 is 5.32 Å². The number of amides is 3. The predicted molar refractivity (Wildman–Crippen MR) is 111 cm³/mol. The summed E-state index contributed by atoms with van der Waals surface area (Å²) in [5.74, 6) is 0.135. The van der Waals surface area contributed by atoms with Gasteiger partial charge < -0.3 is 15.1 Å². The van der Waals surface area contributed by atoms with Crippen LogP contribution in [0.2, 0.25) is 0 Å². The van der Waals surface area contributed by atoms with Gasteiger partial charge in [-0.05, 0) is 32.1 Å². The van der Waals surface area contributed by atoms with Crippen molar-refractivity contribution in [3.63, 3.8) is 0 Å². The molecule has 29 heavy (non-hydrogen) atoms. The van der Waals surface area contributed by atoms with Crippen molar-refractivity contribution in [1.29, 1.82) is 0 Å². The zero-order chi connectivity index (χ0) is 21.2. The smallest absolute Gasteiger partial charge is 0.254 e. The summed E-state index contributed by atoms with van der Waals surface area (Å²) in [7, 11) is 1.78. The molecule has 162 valence electrons. The van der Waals surface area contributed by atoms with Gasteiger partial charge in [-0.15, -0.1) is 0 Å². The zero-order valence-electron chi connectivity index (χ0n) is 18.0. The Kier molecular flexibility index (Phi) is 9.15. The van der Waals surface area contributed by atoms with E-state index in [0.717, 1.165) is 38.8 Å². The summed E-state index contributed by atoms with van der Waals surface area (Å²) in [5, 5.41) is 7.04. The van der Waals surface area contributed by atoms with Gasteiger partial charge >= 0.3 is 0 Å². The van der Waals surface area contributed by atoms with Crippen LogP contribution in [-0.2, 0) is 16.6 Å². The van der Waals surface area contributed by atoms with Crippen molar-refractivity contribution >= 4 is 17.7 Å². The summed E-state index contributed by atoms with van der Waals surface area (Å²) < 4.78 is 1.60. The minimum atomic E-state index is -0.120. The first-order valence-corrected chi connectivity index (χ1v) is 10.8. The van der Waals surface area contributed by atoms with Crippen molar-refractivity contribution in [2.45, 2.75) is 64.8 Å². The Balaban J connectivity index is 1.67. The Bertz CT molecular complexity index is 674. The molecule has 1 aliphatic heterocycles. The van der Waals surface area contributed by atoms with Crippen LogP contribution >= 0.6 is 0 Å². The fourth-order valence-electron chi connectivity index (χ4n) is 3.69. The summed E-state index contributed by atoms with van der Waals surface area (Å²) >= 11 is 0. The lowest BCUT2D eigenvalue weighted by Gasteiger charge is -2.32. The van der Waals surface area contributed by atoms with Gasteiger partial charge in [0.1, 0.15) is 0 Å². The largest absolute Gasteiger partial charge is 0.349 e. The van der Waals surface area contributed by atoms with Gasteiger partial charge in [-0.25, -0.2) is 0 Å². The lowest BCUT2D eigenvalue weighted by Crippen LogP contribution is -2.46. The van der Waals surface area contributed by atoms with E-state index in [-0.39, 0.29) is 23.8 Å². The second-order valence-corrected chi connectivity index (χ2v) is 7.77. The van der Waals surface area contributed by atoms with Crippen LogP contribution in [0, 0.1) is 0 Å². The Morgan fingerprint density at radius 2 is 1.79 bits per heavy atom. The van der Waals surface area contributed by atoms with E-state index >= 15 is 0 Å². The molecular weight excluding hydrogens is 370 g/mol. The molecule has 1 aromatic rings. The monoisotopic (exact) mass is 405 g/mol. The molecule has 1 N–H and O–H groups in total. The topological polar surface area (TPSA) is 87.5 Å². The summed E-state index contributed by atoms with van der Waals surface area (Å²) in [6.45, 7) is 7.01. The number of hydrogen-bond acceptors (Lipinski definition) is 4. The average molecular weight is 406 g/mol. The highest BCUT2D eigenvalue weighted by molar-refractivity contribution is 5.93. The van der Waals surface area contributed by atoms with Gasteiger partial charge in [-0.1, -0.05) is 13.8 Å². The first-order chi connectivity index (χ1) is 13.9. The van der Waals surface area contributed by atoms with Gasteiger partial charge in [0, 0.05) is 58.3 Å². The van der Waals surface area contributed by atoms with Gasteiger partial charge in [-0.3, -0.25) is 19.1 Å². The second-order valence-electron chi connectivity index (χ2n) is 7.77. The summed E-state index contributed by atoms with van der Waals surface area (Å²) in [5.41, 5.74) is 0.552. The number of nitrogens with zero attached hydrogens (tertiary/aromatic N) is 4. The number of aryl methyl sites for hydroxylation is 1. The molecule has 0 bridgehead atoms. The van der Waals surface area contributed by atoms with Crippen LogP contribution in [0.15, 0.2) is 12.4 Å². The molecular formula is C21H35N5O3. The van der Waals surface area contributed by atoms with E-state index in [4.69, 9.17) is 0 Å². The Morgan fingerprint density at radius 3 is 2.34 bits per heavy atom. The Labute approximate surface area is 173 Å². The van der Waals surface area contributed by atoms with E-state index in [9.17, 15) is 14.4 Å². The van der Waals surface area contributed by atoms with Crippen molar-refractivity contribution in [3.8, 4) is 0 Å². The third kappa shape index (κ3) is 7.18. The second kappa shape index (κ2) is 11.6. The quantitative estimate of drug-likeness (QED) is 0.645. The van der Waals surface area contributed by atoms with Crippen molar-refractivity contribution in [2.24, 2.45) is 7.05 Å². The molecule has 2 rings (SSSR count). The highest BCUT2D eigenvalue weighted by Crippen LogP contribution is 2.14. The summed E-state index contributed by atoms with van der Waals surface area (Å²) in [6, 6.07) is 0.0741. The van der Waals surface area contributed by atoms with Crippen LogP contribution in [0.1, 0.15) is 69.2 Å². The van der Waals surface area contributed by atoms with Crippen molar-refractivity contribution in [1.82, 2.24) is 24.9 Å². The zero-order valence-corrected chi connectivity index (χ0v) is 18.0. The molecule has 0 radical (unpaired) electrons. The number of nitrogens with one attached hydrogen (secondary N) is 1. The number of rotatable bonds is 10. The maximum atomic E-state index is 12.5. The maximum Gasteiger partial charge on any atom is 0.254 e. The first kappa shape index (κ1) is 22.9. The van der Waals surface area contributed by atoms with Gasteiger partial charge in [0.05, 0.1) is 11.8 Å². The van der Waals surface area contributed by atoms with E-state index in [1.807, 2.05) is 9.80 Å². The SMILES string of the molecule is CCCN(CCC)C(=O)CCCC(=O)N1CCC(NC(=O)c2cnn(C)c2)CC1. The molecule has 0 atom stereocenters. The highest BCUT2D eigenvalue weighted by atomic mass is 16.2. The molecule has 3 amide bonds. The molecule has 0 unspecified atom stereocenters. The molecule has 8 nitrogen and oxygen atoms in total. The van der Waals surface area contributed by atoms with E-state index < -0.39 is 0 Å². The fraction of sp³-hybridized carbons (Fsp3) is 0.714. The van der Waals surface area contributed by atoms with Gasteiger partial charge in [0.15, 0.2) is 0 Å². The van der Waals surface area contributed by atoms with Crippen LogP contribution in [0.5, 0.6) is 0 Å². The maximum absolute atomic E-state index is 12.5. The molecule has 0 spiro atoms. The Morgan fingerprint density at radius 1 is 1.14 bits per heavy atom. The van der Waals surface area contributed by atoms with Crippen molar-refractivity contribution in [3.05, 3.63) is 18.0 Å². The molecule has 1 aliphatic rings. The summed E-state index contributed by atoms with van der Waals surface area (Å²) in [6.07, 6.45) is 8.09. The third-order valence-corrected chi connectivity index (χ3v) is 5.27. The lowest BCUT2D eigenvalue weighted by atomic mass is 10.0. The number of aromatic nitrogens is 2. The minimum Gasteiger partial charge on any atom is -0.349 e. The normalized spacial score (nSPS) is 14.7. The van der Waals surface area contributed by atoms with Crippen LogP contribution in [0.3, 0.4) is 0 Å². The van der Waals surface area contributed by atoms with Gasteiger partial charge in [0.2, 0.25) is 11.8 Å². The van der Waals surface area contributed by atoms with Crippen LogP contribution in [-0.4, -0.2) is 69.5 Å². The third-order valence-electron chi connectivity index (χ3n) is 5.27. The number of hydrogen-bond donors (Lipinski definition) is 1. The molecule has 1 saturated heterocycles. The van der Waals surface area contributed by atoms with E-state index in [1.165, 1.54) is 0 Å². The highest BCUT2D eigenvalue weighted by Gasteiger charge is 2.24. The standard InChI is InChI=1S/C21H35N5O3/c1-4-11-25(12-5-2)19(27)7-6-8-20(28)26-13-9-18(10-14-26)23-21(29)17-15-22-24(3)16-17/h15-16,18H,4-14H2,1-3H3,(H,23,29). The molecule has 1 aromatic heterocycles.